The summed E-state index contributed by atoms with van der Waals surface area (Å²) in [6, 6.07) is 15.4. The van der Waals surface area contributed by atoms with E-state index in [0.717, 1.165) is 12.0 Å². The van der Waals surface area contributed by atoms with E-state index in [1.54, 1.807) is 0 Å². The van der Waals surface area contributed by atoms with Gasteiger partial charge >= 0.3 is 0 Å². The molecule has 3 nitrogen and oxygen atoms in total. The van der Waals surface area contributed by atoms with Crippen LogP contribution in [0.3, 0.4) is 0 Å². The lowest BCUT2D eigenvalue weighted by atomic mass is 9.89. The number of carbonyl (C=O) groups is 1. The predicted molar refractivity (Wildman–Crippen MR) is 162 cm³/mol. The molecule has 38 heavy (non-hydrogen) atoms. The minimum absolute atomic E-state index is 0.0493. The van der Waals surface area contributed by atoms with Crippen LogP contribution in [0.2, 0.25) is 0 Å². The third kappa shape index (κ3) is 8.30. The van der Waals surface area contributed by atoms with Crippen molar-refractivity contribution in [2.75, 3.05) is 0 Å². The Morgan fingerprint density at radius 3 is 2.29 bits per heavy atom. The summed E-state index contributed by atoms with van der Waals surface area (Å²) in [4.78, 5) is 12.7. The lowest BCUT2D eigenvalue weighted by molar-refractivity contribution is -0.123. The molecule has 0 amide bonds. The van der Waals surface area contributed by atoms with Gasteiger partial charge in [-0.1, -0.05) is 87.4 Å². The molecule has 2 aromatic carbocycles. The maximum absolute atomic E-state index is 12.7. The number of nitrogens with one attached hydrogen (secondary N) is 1. The fraction of sp³-hybridized carbons (Fsp3) is 0.457. The molecule has 0 aliphatic carbocycles. The average molecular weight is 514 g/mol. The molecule has 3 atom stereocenters. The normalized spacial score (nSPS) is 17.4. The lowest BCUT2D eigenvalue weighted by Crippen LogP contribution is -2.26. The second-order valence-corrected chi connectivity index (χ2v) is 11.7. The summed E-state index contributed by atoms with van der Waals surface area (Å²) >= 11 is 0. The number of hydrogen-bond acceptors (Lipinski definition) is 3. The molecular formula is C35H47NO2. The fourth-order valence-corrected chi connectivity index (χ4v) is 5.55. The Kier molecular flexibility index (Phi) is 10.7. The number of Topliss-reactive ketones (excluding diaryl/α,β-unsaturated/α-hetero) is 1. The van der Waals surface area contributed by atoms with Crippen molar-refractivity contribution in [3.63, 3.8) is 0 Å². The molecule has 1 N–H and O–H groups in total. The van der Waals surface area contributed by atoms with Crippen molar-refractivity contribution < 1.29 is 9.53 Å². The molecule has 0 saturated heterocycles. The van der Waals surface area contributed by atoms with E-state index in [2.05, 4.69) is 128 Å². The van der Waals surface area contributed by atoms with Crippen LogP contribution in [0.1, 0.15) is 94.7 Å². The van der Waals surface area contributed by atoms with E-state index in [4.69, 9.17) is 4.74 Å². The quantitative estimate of drug-likeness (QED) is 0.308. The molecule has 2 unspecified atom stereocenters. The van der Waals surface area contributed by atoms with E-state index >= 15 is 0 Å². The zero-order chi connectivity index (χ0) is 27.8. The first-order valence-corrected chi connectivity index (χ1v) is 14.2. The second kappa shape index (κ2) is 13.8. The van der Waals surface area contributed by atoms with E-state index in [1.807, 2.05) is 0 Å². The van der Waals surface area contributed by atoms with Gasteiger partial charge in [-0.25, -0.2) is 0 Å². The first-order chi connectivity index (χ1) is 18.1. The van der Waals surface area contributed by atoms with Crippen molar-refractivity contribution in [2.24, 2.45) is 11.8 Å². The van der Waals surface area contributed by atoms with Crippen molar-refractivity contribution in [3.05, 3.63) is 94.7 Å². The van der Waals surface area contributed by atoms with Crippen molar-refractivity contribution >= 4 is 16.9 Å². The third-order valence-corrected chi connectivity index (χ3v) is 7.02. The first-order valence-electron chi connectivity index (χ1n) is 14.2. The van der Waals surface area contributed by atoms with E-state index < -0.39 is 0 Å². The van der Waals surface area contributed by atoms with Gasteiger partial charge in [0.05, 0.1) is 18.2 Å². The monoisotopic (exact) mass is 513 g/mol. The molecule has 2 aromatic rings. The number of allylic oxidation sites excluding steroid dienone is 3. The zero-order valence-corrected chi connectivity index (χ0v) is 24.7. The number of carbonyl (C=O) groups excluding carboxylic acids is 1. The molecule has 0 aromatic heterocycles. The smallest absolute Gasteiger partial charge is 0.135 e. The largest absolute Gasteiger partial charge is 0.381 e. The summed E-state index contributed by atoms with van der Waals surface area (Å²) in [6.45, 7) is 17.1. The number of hydrogen-bond donors (Lipinski definition) is 1. The summed E-state index contributed by atoms with van der Waals surface area (Å²) in [6.07, 6.45) is 10.5. The summed E-state index contributed by atoms with van der Waals surface area (Å²) in [5.41, 5.74) is 8.57. The molecule has 1 aliphatic rings. The molecular weight excluding hydrogens is 466 g/mol. The van der Waals surface area contributed by atoms with Gasteiger partial charge in [0.2, 0.25) is 0 Å². The third-order valence-electron chi connectivity index (χ3n) is 7.02. The number of rotatable bonds is 12. The number of aryl methyl sites for hydroxylation is 2. The molecule has 0 spiro atoms. The van der Waals surface area contributed by atoms with Crippen LogP contribution in [-0.2, 0) is 9.53 Å². The number of dihydropyridines is 1. The van der Waals surface area contributed by atoms with Crippen molar-refractivity contribution in [3.8, 4) is 0 Å². The van der Waals surface area contributed by atoms with Crippen molar-refractivity contribution in [1.29, 1.82) is 0 Å². The predicted octanol–water partition coefficient (Wildman–Crippen LogP) is 8.77. The Hall–Kier alpha value is -2.91. The van der Waals surface area contributed by atoms with E-state index in [-0.39, 0.29) is 18.2 Å². The standard InChI is InChI=1S/C35H47NO2/c1-9-32(27(8)38-31(17-24(4)5)22-30(37)16-23(2)3)33-12-10-11-13-34(33)35-21-28(14-15-36-35)29-19-25(6)18-26(7)20-29/h9-15,18-21,23-24,27,31,35-36H,16-17,22H2,1-8H3/b32-9-/t27-,31?,35?/m0/s1. The van der Waals surface area contributed by atoms with Gasteiger partial charge in [0.15, 0.2) is 0 Å². The molecule has 1 heterocycles. The van der Waals surface area contributed by atoms with Gasteiger partial charge in [0.25, 0.3) is 0 Å². The Labute approximate surface area is 231 Å². The highest BCUT2D eigenvalue weighted by atomic mass is 16.5. The molecule has 204 valence electrons. The molecule has 1 aliphatic heterocycles. The van der Waals surface area contributed by atoms with E-state index in [0.29, 0.717) is 30.5 Å². The highest BCUT2D eigenvalue weighted by Gasteiger charge is 2.24. The van der Waals surface area contributed by atoms with Crippen molar-refractivity contribution in [2.45, 2.75) is 92.9 Å². The van der Waals surface area contributed by atoms with Gasteiger partial charge in [-0.2, -0.15) is 0 Å². The van der Waals surface area contributed by atoms with Crippen LogP contribution in [0, 0.1) is 25.7 Å². The van der Waals surface area contributed by atoms with Crippen LogP contribution in [0.5, 0.6) is 0 Å². The summed E-state index contributed by atoms with van der Waals surface area (Å²) in [7, 11) is 0. The van der Waals surface area contributed by atoms with Gasteiger partial charge in [-0.15, -0.1) is 0 Å². The second-order valence-electron chi connectivity index (χ2n) is 11.7. The number of ether oxygens (including phenoxy) is 1. The van der Waals surface area contributed by atoms with Gasteiger partial charge in [0.1, 0.15) is 5.78 Å². The Bertz CT molecular complexity index is 1160. The van der Waals surface area contributed by atoms with Crippen LogP contribution in [0.4, 0.5) is 0 Å². The molecule has 3 rings (SSSR count). The SMILES string of the molecule is C/C=C(\c1ccccc1C1C=C(c2cc(C)cc(C)c2)C=CN1)[C@H](C)OC(CC(=O)CC(C)C)CC(C)C. The van der Waals surface area contributed by atoms with Gasteiger partial charge in [0, 0.05) is 12.8 Å². The van der Waals surface area contributed by atoms with Crippen LogP contribution >= 0.6 is 0 Å². The highest BCUT2D eigenvalue weighted by Crippen LogP contribution is 2.34. The van der Waals surface area contributed by atoms with Gasteiger partial charge in [-0.05, 0) is 92.1 Å². The molecule has 3 heteroatoms. The minimum Gasteiger partial charge on any atom is -0.381 e. The van der Waals surface area contributed by atoms with E-state index in [1.165, 1.54) is 33.4 Å². The van der Waals surface area contributed by atoms with Gasteiger partial charge < -0.3 is 10.1 Å². The molecule has 0 saturated carbocycles. The fourth-order valence-electron chi connectivity index (χ4n) is 5.55. The summed E-state index contributed by atoms with van der Waals surface area (Å²) in [5, 5.41) is 3.56. The van der Waals surface area contributed by atoms with Crippen LogP contribution < -0.4 is 5.32 Å². The van der Waals surface area contributed by atoms with Crippen LogP contribution in [0.15, 0.2) is 66.9 Å². The molecule has 0 radical (unpaired) electrons. The average Bonchev–Trinajstić information content (AvgIpc) is 2.83. The number of ketones is 1. The first kappa shape index (κ1) is 29.6. The minimum atomic E-state index is -0.126. The van der Waals surface area contributed by atoms with Crippen LogP contribution in [-0.4, -0.2) is 18.0 Å². The van der Waals surface area contributed by atoms with E-state index in [9.17, 15) is 4.79 Å². The maximum Gasteiger partial charge on any atom is 0.135 e. The summed E-state index contributed by atoms with van der Waals surface area (Å²) in [5.74, 6) is 1.13. The molecule has 0 fully saturated rings. The Balaban J connectivity index is 1.87. The lowest BCUT2D eigenvalue weighted by Gasteiger charge is -2.28. The van der Waals surface area contributed by atoms with Crippen molar-refractivity contribution in [1.82, 2.24) is 5.32 Å². The Morgan fingerprint density at radius 1 is 0.974 bits per heavy atom. The Morgan fingerprint density at radius 2 is 1.66 bits per heavy atom. The summed E-state index contributed by atoms with van der Waals surface area (Å²) < 4.78 is 6.64. The topological polar surface area (TPSA) is 38.3 Å². The number of benzene rings is 2. The van der Waals surface area contributed by atoms with Gasteiger partial charge in [-0.3, -0.25) is 4.79 Å². The highest BCUT2D eigenvalue weighted by molar-refractivity contribution is 5.79. The van der Waals surface area contributed by atoms with Crippen LogP contribution in [0.25, 0.3) is 11.1 Å². The maximum atomic E-state index is 12.7. The zero-order valence-electron chi connectivity index (χ0n) is 24.7. The molecule has 0 bridgehead atoms.